The number of para-hydroxylation sites is 2. The Morgan fingerprint density at radius 2 is 1.42 bits per heavy atom. The van der Waals surface area contributed by atoms with Crippen LogP contribution in [0.15, 0.2) is 72.8 Å². The standard InChI is InChI=1S/C23H21N3/c1-23(2,3)26-20-14-13-17(16-9-5-4-6-10-16)15-21(20)25-19-12-8-7-11-18(19)24-22(25)26/h4-15H,1-3H3. The fourth-order valence-corrected chi connectivity index (χ4v) is 3.87. The van der Waals surface area contributed by atoms with Crippen LogP contribution in [-0.4, -0.2) is 14.0 Å². The molecule has 5 rings (SSSR count). The Labute approximate surface area is 152 Å². The number of nitrogens with zero attached hydrogens (tertiary/aromatic N) is 3. The van der Waals surface area contributed by atoms with E-state index < -0.39 is 0 Å². The van der Waals surface area contributed by atoms with Gasteiger partial charge < -0.3 is 4.57 Å². The zero-order valence-corrected chi connectivity index (χ0v) is 15.3. The second-order valence-corrected chi connectivity index (χ2v) is 7.81. The molecule has 3 nitrogen and oxygen atoms in total. The summed E-state index contributed by atoms with van der Waals surface area (Å²) < 4.78 is 4.64. The van der Waals surface area contributed by atoms with Crippen molar-refractivity contribution in [1.82, 2.24) is 14.0 Å². The second-order valence-electron chi connectivity index (χ2n) is 7.81. The van der Waals surface area contributed by atoms with Crippen LogP contribution in [0.5, 0.6) is 0 Å². The minimum absolute atomic E-state index is 0.0569. The van der Waals surface area contributed by atoms with Crippen LogP contribution in [0.2, 0.25) is 0 Å². The summed E-state index contributed by atoms with van der Waals surface area (Å²) in [6.45, 7) is 6.70. The summed E-state index contributed by atoms with van der Waals surface area (Å²) in [6, 6.07) is 25.6. The Morgan fingerprint density at radius 1 is 0.692 bits per heavy atom. The van der Waals surface area contributed by atoms with E-state index in [1.165, 1.54) is 22.2 Å². The summed E-state index contributed by atoms with van der Waals surface area (Å²) >= 11 is 0. The highest BCUT2D eigenvalue weighted by molar-refractivity contribution is 5.93. The van der Waals surface area contributed by atoms with Gasteiger partial charge in [0.2, 0.25) is 5.78 Å². The molecular weight excluding hydrogens is 318 g/mol. The monoisotopic (exact) mass is 339 g/mol. The molecule has 0 amide bonds. The van der Waals surface area contributed by atoms with Crippen LogP contribution in [0.3, 0.4) is 0 Å². The molecule has 0 saturated carbocycles. The second kappa shape index (κ2) is 5.21. The van der Waals surface area contributed by atoms with Gasteiger partial charge in [0.05, 0.1) is 22.1 Å². The van der Waals surface area contributed by atoms with Gasteiger partial charge in [-0.15, -0.1) is 0 Å². The Kier molecular flexibility index (Phi) is 3.05. The molecule has 2 heterocycles. The number of aromatic nitrogens is 3. The zero-order chi connectivity index (χ0) is 17.9. The van der Waals surface area contributed by atoms with Crippen LogP contribution in [0.4, 0.5) is 0 Å². The highest BCUT2D eigenvalue weighted by Gasteiger charge is 2.23. The number of hydrogen-bond donors (Lipinski definition) is 0. The lowest BCUT2D eigenvalue weighted by Gasteiger charge is -2.22. The number of fused-ring (bicyclic) bond motifs is 5. The first-order chi connectivity index (χ1) is 12.5. The molecule has 3 aromatic carbocycles. The lowest BCUT2D eigenvalue weighted by atomic mass is 10.0. The zero-order valence-electron chi connectivity index (χ0n) is 15.3. The summed E-state index contributed by atoms with van der Waals surface area (Å²) in [7, 11) is 0. The van der Waals surface area contributed by atoms with Gasteiger partial charge in [-0.1, -0.05) is 48.5 Å². The topological polar surface area (TPSA) is 22.2 Å². The SMILES string of the molecule is CC(C)(C)n1c2ccc(-c3ccccc3)cc2n2c3ccccc3nc12. The summed E-state index contributed by atoms with van der Waals surface area (Å²) in [5.74, 6) is 0.999. The predicted octanol–water partition coefficient (Wildman–Crippen LogP) is 5.86. The Morgan fingerprint density at radius 3 is 2.19 bits per heavy atom. The first-order valence-corrected chi connectivity index (χ1v) is 9.01. The van der Waals surface area contributed by atoms with E-state index in [0.717, 1.165) is 16.8 Å². The number of benzene rings is 3. The average Bonchev–Trinajstić information content (AvgIpc) is 3.15. The van der Waals surface area contributed by atoms with E-state index in [4.69, 9.17) is 4.98 Å². The van der Waals surface area contributed by atoms with Gasteiger partial charge >= 0.3 is 0 Å². The molecule has 0 N–H and O–H groups in total. The minimum Gasteiger partial charge on any atom is -0.304 e. The molecule has 0 spiro atoms. The third-order valence-corrected chi connectivity index (χ3v) is 4.98. The summed E-state index contributed by atoms with van der Waals surface area (Å²) in [4.78, 5) is 4.95. The maximum absolute atomic E-state index is 4.95. The van der Waals surface area contributed by atoms with Crippen molar-refractivity contribution in [2.24, 2.45) is 0 Å². The van der Waals surface area contributed by atoms with E-state index in [1.54, 1.807) is 0 Å². The smallest absolute Gasteiger partial charge is 0.216 e. The molecule has 0 fully saturated rings. The quantitative estimate of drug-likeness (QED) is 0.375. The van der Waals surface area contributed by atoms with Gasteiger partial charge in [-0.25, -0.2) is 4.98 Å². The van der Waals surface area contributed by atoms with E-state index in [9.17, 15) is 0 Å². The van der Waals surface area contributed by atoms with Crippen LogP contribution in [0.25, 0.3) is 39.0 Å². The molecule has 0 aliphatic rings. The number of imidazole rings is 2. The fourth-order valence-electron chi connectivity index (χ4n) is 3.87. The van der Waals surface area contributed by atoms with Crippen molar-refractivity contribution in [3.63, 3.8) is 0 Å². The molecule has 0 aliphatic heterocycles. The molecule has 2 aromatic heterocycles. The van der Waals surface area contributed by atoms with Crippen molar-refractivity contribution in [2.75, 3.05) is 0 Å². The summed E-state index contributed by atoms with van der Waals surface area (Å²) in [5.41, 5.74) is 7.00. The predicted molar refractivity (Wildman–Crippen MR) is 109 cm³/mol. The third kappa shape index (κ3) is 2.10. The first-order valence-electron chi connectivity index (χ1n) is 9.01. The van der Waals surface area contributed by atoms with Crippen molar-refractivity contribution in [2.45, 2.75) is 26.3 Å². The maximum atomic E-state index is 4.95. The molecule has 3 heteroatoms. The van der Waals surface area contributed by atoms with Gasteiger partial charge in [0, 0.05) is 5.54 Å². The van der Waals surface area contributed by atoms with Crippen LogP contribution < -0.4 is 0 Å². The maximum Gasteiger partial charge on any atom is 0.216 e. The van der Waals surface area contributed by atoms with Gasteiger partial charge in [0.25, 0.3) is 0 Å². The van der Waals surface area contributed by atoms with Gasteiger partial charge in [0.1, 0.15) is 0 Å². The van der Waals surface area contributed by atoms with E-state index in [1.807, 2.05) is 6.07 Å². The molecule has 128 valence electrons. The molecular formula is C23H21N3. The van der Waals surface area contributed by atoms with E-state index >= 15 is 0 Å². The molecule has 0 saturated heterocycles. The minimum atomic E-state index is -0.0569. The van der Waals surface area contributed by atoms with Crippen LogP contribution in [0, 0.1) is 0 Å². The van der Waals surface area contributed by atoms with Gasteiger partial charge in [-0.3, -0.25) is 4.40 Å². The van der Waals surface area contributed by atoms with Crippen LogP contribution in [0.1, 0.15) is 20.8 Å². The normalized spacial score (nSPS) is 12.4. The van der Waals surface area contributed by atoms with E-state index in [0.29, 0.717) is 0 Å². The number of rotatable bonds is 1. The van der Waals surface area contributed by atoms with Crippen molar-refractivity contribution < 1.29 is 0 Å². The van der Waals surface area contributed by atoms with Crippen molar-refractivity contribution in [3.8, 4) is 11.1 Å². The van der Waals surface area contributed by atoms with Crippen LogP contribution >= 0.6 is 0 Å². The Hall–Kier alpha value is -3.07. The summed E-state index contributed by atoms with van der Waals surface area (Å²) in [5, 5.41) is 0. The molecule has 0 radical (unpaired) electrons. The summed E-state index contributed by atoms with van der Waals surface area (Å²) in [6.07, 6.45) is 0. The molecule has 0 atom stereocenters. The first kappa shape index (κ1) is 15.2. The molecule has 26 heavy (non-hydrogen) atoms. The highest BCUT2D eigenvalue weighted by atomic mass is 15.2. The van der Waals surface area contributed by atoms with Gasteiger partial charge in [-0.2, -0.15) is 0 Å². The van der Waals surface area contributed by atoms with Crippen molar-refractivity contribution >= 4 is 27.8 Å². The lowest BCUT2D eigenvalue weighted by molar-refractivity contribution is 0.419. The molecule has 5 aromatic rings. The molecule has 0 bridgehead atoms. The van der Waals surface area contributed by atoms with E-state index in [2.05, 4.69) is 96.5 Å². The van der Waals surface area contributed by atoms with Gasteiger partial charge in [0.15, 0.2) is 0 Å². The van der Waals surface area contributed by atoms with Crippen LogP contribution in [-0.2, 0) is 5.54 Å². The lowest BCUT2D eigenvalue weighted by Crippen LogP contribution is -2.21. The molecule has 0 unspecified atom stereocenters. The van der Waals surface area contributed by atoms with E-state index in [-0.39, 0.29) is 5.54 Å². The Bertz CT molecular complexity index is 1250. The fraction of sp³-hybridized carbons (Fsp3) is 0.174. The van der Waals surface area contributed by atoms with Crippen molar-refractivity contribution in [1.29, 1.82) is 0 Å². The van der Waals surface area contributed by atoms with Crippen molar-refractivity contribution in [3.05, 3.63) is 72.8 Å². The highest BCUT2D eigenvalue weighted by Crippen LogP contribution is 2.33. The number of hydrogen-bond acceptors (Lipinski definition) is 1. The average molecular weight is 339 g/mol. The Balaban J connectivity index is 1.95. The largest absolute Gasteiger partial charge is 0.304 e. The molecule has 0 aliphatic carbocycles. The van der Waals surface area contributed by atoms with Gasteiger partial charge in [-0.05, 0) is 56.2 Å². The third-order valence-electron chi connectivity index (χ3n) is 4.98.